The minimum absolute atomic E-state index is 0. The molecule has 0 amide bonds. The Morgan fingerprint density at radius 3 is 2.60 bits per heavy atom. The highest BCUT2D eigenvalue weighted by Crippen LogP contribution is 2.19. The number of hydrogen-bond acceptors (Lipinski definition) is 5. The lowest BCUT2D eigenvalue weighted by atomic mass is 10.3. The van der Waals surface area contributed by atoms with Crippen LogP contribution in [-0.4, -0.2) is 51.9 Å². The van der Waals surface area contributed by atoms with E-state index in [0.29, 0.717) is 19.0 Å². The van der Waals surface area contributed by atoms with Crippen molar-refractivity contribution in [3.8, 4) is 11.5 Å². The second kappa shape index (κ2) is 13.6. The van der Waals surface area contributed by atoms with Crippen LogP contribution in [0.3, 0.4) is 0 Å². The van der Waals surface area contributed by atoms with Gasteiger partial charge in [0.05, 0.1) is 27.2 Å². The van der Waals surface area contributed by atoms with Crippen molar-refractivity contribution in [2.45, 2.75) is 26.4 Å². The number of esters is 1. The Balaban J connectivity index is 0.00000576. The second-order valence-corrected chi connectivity index (χ2v) is 5.08. The van der Waals surface area contributed by atoms with E-state index < -0.39 is 0 Å². The normalized spacial score (nSPS) is 11.8. The van der Waals surface area contributed by atoms with Crippen LogP contribution in [0.2, 0.25) is 0 Å². The predicted molar refractivity (Wildman–Crippen MR) is 109 cm³/mol. The highest BCUT2D eigenvalue weighted by Gasteiger charge is 2.06. The molecular formula is C17H28IN3O4. The lowest BCUT2D eigenvalue weighted by Crippen LogP contribution is -2.39. The summed E-state index contributed by atoms with van der Waals surface area (Å²) < 4.78 is 15.6. The van der Waals surface area contributed by atoms with Crippen LogP contribution in [0.4, 0.5) is 0 Å². The molecule has 0 aliphatic carbocycles. The number of rotatable bonds is 9. The number of carbonyl (C=O) groups excluding carboxylic acids is 1. The van der Waals surface area contributed by atoms with Crippen LogP contribution in [-0.2, 0) is 9.53 Å². The number of guanidine groups is 1. The first-order valence-electron chi connectivity index (χ1n) is 7.98. The number of aliphatic imine (C=N–C) groups is 1. The summed E-state index contributed by atoms with van der Waals surface area (Å²) in [5, 5.41) is 6.21. The quantitative estimate of drug-likeness (QED) is 0.252. The fourth-order valence-electron chi connectivity index (χ4n) is 1.89. The van der Waals surface area contributed by atoms with Crippen molar-refractivity contribution in [2.75, 3.05) is 33.9 Å². The largest absolute Gasteiger partial charge is 0.497 e. The topological polar surface area (TPSA) is 81.2 Å². The van der Waals surface area contributed by atoms with E-state index in [1.54, 1.807) is 7.11 Å². The van der Waals surface area contributed by atoms with E-state index in [9.17, 15) is 4.79 Å². The third-order valence-electron chi connectivity index (χ3n) is 3.08. The minimum Gasteiger partial charge on any atom is -0.497 e. The van der Waals surface area contributed by atoms with Crippen LogP contribution >= 0.6 is 24.0 Å². The molecule has 8 heteroatoms. The van der Waals surface area contributed by atoms with Gasteiger partial charge in [0.15, 0.2) is 5.96 Å². The first-order chi connectivity index (χ1) is 11.6. The molecule has 0 aromatic heterocycles. The summed E-state index contributed by atoms with van der Waals surface area (Å²) in [6.07, 6.45) is 0.185. The Hall–Kier alpha value is -1.71. The Labute approximate surface area is 166 Å². The van der Waals surface area contributed by atoms with Crippen LogP contribution in [0, 0.1) is 0 Å². The molecule has 0 saturated carbocycles. The van der Waals surface area contributed by atoms with E-state index >= 15 is 0 Å². The first-order valence-corrected chi connectivity index (χ1v) is 7.98. The van der Waals surface area contributed by atoms with Crippen molar-refractivity contribution < 1.29 is 19.0 Å². The molecule has 0 saturated heterocycles. The second-order valence-electron chi connectivity index (χ2n) is 5.08. The fraction of sp³-hybridized carbons (Fsp3) is 0.529. The maximum Gasteiger partial charge on any atom is 0.307 e. The molecular weight excluding hydrogens is 437 g/mol. The predicted octanol–water partition coefficient (Wildman–Crippen LogP) is 2.20. The van der Waals surface area contributed by atoms with Crippen LogP contribution < -0.4 is 20.1 Å². The summed E-state index contributed by atoms with van der Waals surface area (Å²) in [6.45, 7) is 5.60. The molecule has 25 heavy (non-hydrogen) atoms. The molecule has 142 valence electrons. The molecule has 1 aromatic carbocycles. The molecule has 1 aromatic rings. The molecule has 0 fully saturated rings. The zero-order valence-electron chi connectivity index (χ0n) is 15.2. The van der Waals surface area contributed by atoms with Gasteiger partial charge < -0.3 is 24.8 Å². The molecule has 0 aliphatic rings. The van der Waals surface area contributed by atoms with Gasteiger partial charge in [-0.15, -0.1) is 24.0 Å². The number of carbonyl (C=O) groups is 1. The van der Waals surface area contributed by atoms with Crippen molar-refractivity contribution in [2.24, 2.45) is 4.99 Å². The van der Waals surface area contributed by atoms with Crippen molar-refractivity contribution in [1.29, 1.82) is 0 Å². The average Bonchev–Trinajstić information content (AvgIpc) is 2.59. The number of nitrogens with one attached hydrogen (secondary N) is 2. The molecule has 1 rings (SSSR count). The molecule has 1 unspecified atom stereocenters. The number of ether oxygens (including phenoxy) is 3. The maximum atomic E-state index is 11.1. The van der Waals surface area contributed by atoms with Crippen LogP contribution in [0.15, 0.2) is 29.3 Å². The van der Waals surface area contributed by atoms with Gasteiger partial charge in [-0.2, -0.15) is 0 Å². The van der Waals surface area contributed by atoms with Gasteiger partial charge >= 0.3 is 5.97 Å². The van der Waals surface area contributed by atoms with Crippen molar-refractivity contribution in [3.05, 3.63) is 24.3 Å². The molecule has 0 radical (unpaired) electrons. The fourth-order valence-corrected chi connectivity index (χ4v) is 1.89. The number of methoxy groups -OCH3 is 2. The van der Waals surface area contributed by atoms with Gasteiger partial charge in [-0.25, -0.2) is 4.99 Å². The SMILES string of the molecule is CCNC(=NCC(C)Oc1cccc(OC)c1)NCCC(=O)OC.I. The maximum absolute atomic E-state index is 11.1. The van der Waals surface area contributed by atoms with E-state index in [0.717, 1.165) is 18.0 Å². The Kier molecular flexibility index (Phi) is 12.6. The van der Waals surface area contributed by atoms with Gasteiger partial charge in [-0.3, -0.25) is 4.79 Å². The van der Waals surface area contributed by atoms with Gasteiger partial charge in [0.25, 0.3) is 0 Å². The van der Waals surface area contributed by atoms with Gasteiger partial charge in [0.2, 0.25) is 0 Å². The monoisotopic (exact) mass is 465 g/mol. The van der Waals surface area contributed by atoms with E-state index in [-0.39, 0.29) is 42.5 Å². The van der Waals surface area contributed by atoms with Crippen molar-refractivity contribution in [1.82, 2.24) is 10.6 Å². The average molecular weight is 465 g/mol. The number of nitrogens with zero attached hydrogens (tertiary/aromatic N) is 1. The molecule has 0 spiro atoms. The number of benzene rings is 1. The third kappa shape index (κ3) is 10.0. The zero-order chi connectivity index (χ0) is 17.8. The minimum atomic E-state index is -0.256. The zero-order valence-corrected chi connectivity index (χ0v) is 17.5. The molecule has 0 bridgehead atoms. The number of hydrogen-bond donors (Lipinski definition) is 2. The van der Waals surface area contributed by atoms with Crippen molar-refractivity contribution in [3.63, 3.8) is 0 Å². The van der Waals surface area contributed by atoms with Gasteiger partial charge in [-0.05, 0) is 26.0 Å². The van der Waals surface area contributed by atoms with Crippen molar-refractivity contribution >= 4 is 35.9 Å². The third-order valence-corrected chi connectivity index (χ3v) is 3.08. The van der Waals surface area contributed by atoms with E-state index in [1.807, 2.05) is 38.1 Å². The Morgan fingerprint density at radius 2 is 1.96 bits per heavy atom. The lowest BCUT2D eigenvalue weighted by Gasteiger charge is -2.15. The van der Waals surface area contributed by atoms with E-state index in [4.69, 9.17) is 9.47 Å². The molecule has 7 nitrogen and oxygen atoms in total. The first kappa shape index (κ1) is 23.3. The highest BCUT2D eigenvalue weighted by molar-refractivity contribution is 14.0. The summed E-state index contributed by atoms with van der Waals surface area (Å²) in [5.41, 5.74) is 0. The summed E-state index contributed by atoms with van der Waals surface area (Å²) >= 11 is 0. The molecule has 0 heterocycles. The lowest BCUT2D eigenvalue weighted by molar-refractivity contribution is -0.140. The highest BCUT2D eigenvalue weighted by atomic mass is 127. The molecule has 0 aliphatic heterocycles. The smallest absolute Gasteiger partial charge is 0.307 e. The summed E-state index contributed by atoms with van der Waals surface area (Å²) in [6, 6.07) is 7.45. The Morgan fingerprint density at radius 1 is 1.24 bits per heavy atom. The van der Waals surface area contributed by atoms with Gasteiger partial charge in [-0.1, -0.05) is 6.07 Å². The Bertz CT molecular complexity index is 540. The van der Waals surface area contributed by atoms with Gasteiger partial charge in [0.1, 0.15) is 17.6 Å². The van der Waals surface area contributed by atoms with Crippen LogP contribution in [0.1, 0.15) is 20.3 Å². The standard InChI is InChI=1S/C17H27N3O4.HI/c1-5-18-17(19-10-9-16(21)23-4)20-12-13(2)24-15-8-6-7-14(11-15)22-3;/h6-8,11,13H,5,9-10,12H2,1-4H3,(H2,18,19,20);1H. The summed E-state index contributed by atoms with van der Waals surface area (Å²) in [5.74, 6) is 1.87. The summed E-state index contributed by atoms with van der Waals surface area (Å²) in [7, 11) is 2.99. The van der Waals surface area contributed by atoms with Crippen LogP contribution in [0.5, 0.6) is 11.5 Å². The van der Waals surface area contributed by atoms with Crippen LogP contribution in [0.25, 0.3) is 0 Å². The number of halogens is 1. The van der Waals surface area contributed by atoms with Gasteiger partial charge in [0, 0.05) is 19.2 Å². The van der Waals surface area contributed by atoms with E-state index in [1.165, 1.54) is 7.11 Å². The molecule has 2 N–H and O–H groups in total. The molecule has 1 atom stereocenters. The summed E-state index contributed by atoms with van der Waals surface area (Å²) in [4.78, 5) is 15.6. The van der Waals surface area contributed by atoms with E-state index in [2.05, 4.69) is 20.4 Å².